The molecule has 7 heteroatoms. The number of hydrogen-bond donors (Lipinski definition) is 1. The zero-order valence-electron chi connectivity index (χ0n) is 10.9. The van der Waals surface area contributed by atoms with Gasteiger partial charge in [0.2, 0.25) is 5.82 Å². The van der Waals surface area contributed by atoms with Gasteiger partial charge in [0.1, 0.15) is 5.82 Å². The third kappa shape index (κ3) is 3.55. The van der Waals surface area contributed by atoms with Crippen molar-refractivity contribution in [3.8, 4) is 0 Å². The number of benzene rings is 2. The molecular formula is C14H11BrF2N2O2. The molecule has 1 atom stereocenters. The van der Waals surface area contributed by atoms with Gasteiger partial charge < -0.3 is 5.32 Å². The van der Waals surface area contributed by atoms with E-state index in [4.69, 9.17) is 0 Å². The maximum atomic E-state index is 13.3. The molecule has 2 aromatic rings. The summed E-state index contributed by atoms with van der Waals surface area (Å²) in [5.41, 5.74) is 0.598. The van der Waals surface area contributed by atoms with Gasteiger partial charge in [-0.1, -0.05) is 22.0 Å². The second kappa shape index (κ2) is 6.17. The second-order valence-electron chi connectivity index (χ2n) is 4.46. The van der Waals surface area contributed by atoms with Crippen molar-refractivity contribution < 1.29 is 13.7 Å². The van der Waals surface area contributed by atoms with E-state index in [2.05, 4.69) is 21.2 Å². The van der Waals surface area contributed by atoms with Crippen LogP contribution in [0.1, 0.15) is 18.5 Å². The van der Waals surface area contributed by atoms with Crippen molar-refractivity contribution in [2.24, 2.45) is 0 Å². The van der Waals surface area contributed by atoms with Crippen LogP contribution in [0.2, 0.25) is 0 Å². The van der Waals surface area contributed by atoms with Crippen LogP contribution in [0.25, 0.3) is 0 Å². The Kier molecular flexibility index (Phi) is 4.52. The first-order chi connectivity index (χ1) is 9.88. The number of rotatable bonds is 4. The normalized spacial score (nSPS) is 12.0. The van der Waals surface area contributed by atoms with E-state index in [0.717, 1.165) is 17.7 Å². The molecule has 2 rings (SSSR count). The van der Waals surface area contributed by atoms with Crippen molar-refractivity contribution in [3.63, 3.8) is 0 Å². The number of nitrogens with zero attached hydrogens (tertiary/aromatic N) is 1. The topological polar surface area (TPSA) is 55.2 Å². The minimum Gasteiger partial charge on any atom is -0.378 e. The van der Waals surface area contributed by atoms with Gasteiger partial charge in [0.15, 0.2) is 0 Å². The highest BCUT2D eigenvalue weighted by Gasteiger charge is 2.16. The van der Waals surface area contributed by atoms with Crippen molar-refractivity contribution in [2.45, 2.75) is 13.0 Å². The van der Waals surface area contributed by atoms with Crippen LogP contribution in [-0.2, 0) is 0 Å². The number of hydrogen-bond acceptors (Lipinski definition) is 3. The molecule has 0 aliphatic rings. The van der Waals surface area contributed by atoms with E-state index in [1.54, 1.807) is 6.07 Å². The number of halogens is 3. The lowest BCUT2D eigenvalue weighted by molar-refractivity contribution is -0.387. The smallest absolute Gasteiger partial charge is 0.306 e. The van der Waals surface area contributed by atoms with Gasteiger partial charge >= 0.3 is 5.69 Å². The molecule has 0 radical (unpaired) electrons. The number of anilines is 1. The molecule has 110 valence electrons. The van der Waals surface area contributed by atoms with Gasteiger partial charge in [0.05, 0.1) is 4.92 Å². The van der Waals surface area contributed by atoms with Gasteiger partial charge in [-0.2, -0.15) is 4.39 Å². The van der Waals surface area contributed by atoms with Gasteiger partial charge in [-0.15, -0.1) is 0 Å². The molecule has 0 saturated carbocycles. The van der Waals surface area contributed by atoms with Gasteiger partial charge in [0, 0.05) is 22.3 Å². The maximum absolute atomic E-state index is 13.3. The highest BCUT2D eigenvalue weighted by molar-refractivity contribution is 9.10. The molecule has 21 heavy (non-hydrogen) atoms. The average molecular weight is 357 g/mol. The summed E-state index contributed by atoms with van der Waals surface area (Å²) >= 11 is 3.26. The minimum absolute atomic E-state index is 0.245. The molecule has 4 nitrogen and oxygen atoms in total. The average Bonchev–Trinajstić information content (AvgIpc) is 2.40. The lowest BCUT2D eigenvalue weighted by atomic mass is 10.1. The first kappa shape index (κ1) is 15.4. The Bertz CT molecular complexity index is 695. The standard InChI is InChI=1S/C14H11BrF2N2O2/c1-8(11-4-2-9(16)6-12(11)15)18-10-3-5-13(17)14(7-10)19(20)21/h2-8,18H,1H3. The predicted octanol–water partition coefficient (Wildman–Crippen LogP) is 4.81. The molecule has 0 heterocycles. The van der Waals surface area contributed by atoms with Crippen molar-refractivity contribution in [1.29, 1.82) is 0 Å². The van der Waals surface area contributed by atoms with Crippen LogP contribution in [0.5, 0.6) is 0 Å². The Balaban J connectivity index is 2.25. The Morgan fingerprint density at radius 1 is 1.24 bits per heavy atom. The van der Waals surface area contributed by atoms with Crippen LogP contribution in [-0.4, -0.2) is 4.92 Å². The van der Waals surface area contributed by atoms with E-state index in [0.29, 0.717) is 10.2 Å². The lowest BCUT2D eigenvalue weighted by Crippen LogP contribution is -2.08. The first-order valence-corrected chi connectivity index (χ1v) is 6.83. The molecule has 0 amide bonds. The highest BCUT2D eigenvalue weighted by Crippen LogP contribution is 2.29. The summed E-state index contributed by atoms with van der Waals surface area (Å²) in [5.74, 6) is -1.25. The van der Waals surface area contributed by atoms with E-state index in [1.165, 1.54) is 18.2 Å². The van der Waals surface area contributed by atoms with Crippen LogP contribution >= 0.6 is 15.9 Å². The number of nitro groups is 1. The third-order valence-electron chi connectivity index (χ3n) is 2.96. The summed E-state index contributed by atoms with van der Waals surface area (Å²) in [6.07, 6.45) is 0. The molecular weight excluding hydrogens is 346 g/mol. The van der Waals surface area contributed by atoms with Crippen molar-refractivity contribution in [2.75, 3.05) is 5.32 Å². The Morgan fingerprint density at radius 2 is 1.95 bits per heavy atom. The molecule has 0 aliphatic carbocycles. The molecule has 1 unspecified atom stereocenters. The Morgan fingerprint density at radius 3 is 2.57 bits per heavy atom. The van der Waals surface area contributed by atoms with Crippen molar-refractivity contribution in [1.82, 2.24) is 0 Å². The van der Waals surface area contributed by atoms with Gasteiger partial charge in [-0.3, -0.25) is 10.1 Å². The van der Waals surface area contributed by atoms with Crippen molar-refractivity contribution >= 4 is 27.3 Å². The molecule has 0 spiro atoms. The van der Waals surface area contributed by atoms with Crippen LogP contribution in [0.15, 0.2) is 40.9 Å². The monoisotopic (exact) mass is 356 g/mol. The van der Waals surface area contributed by atoms with Crippen LogP contribution in [0, 0.1) is 21.7 Å². The van der Waals surface area contributed by atoms with E-state index in [1.807, 2.05) is 6.92 Å². The number of nitrogens with one attached hydrogen (secondary N) is 1. The SMILES string of the molecule is CC(Nc1ccc(F)c([N+](=O)[O-])c1)c1ccc(F)cc1Br. The summed E-state index contributed by atoms with van der Waals surface area (Å²) in [5, 5.41) is 13.7. The Labute approximate surface area is 128 Å². The van der Waals surface area contributed by atoms with Crippen LogP contribution in [0.3, 0.4) is 0 Å². The fraction of sp³-hybridized carbons (Fsp3) is 0.143. The molecule has 0 fully saturated rings. The summed E-state index contributed by atoms with van der Waals surface area (Å²) in [4.78, 5) is 9.93. The van der Waals surface area contributed by atoms with E-state index in [-0.39, 0.29) is 11.9 Å². The summed E-state index contributed by atoms with van der Waals surface area (Å²) in [6, 6.07) is 7.60. The van der Waals surface area contributed by atoms with Crippen LogP contribution < -0.4 is 5.32 Å². The summed E-state index contributed by atoms with van der Waals surface area (Å²) in [7, 11) is 0. The molecule has 1 N–H and O–H groups in total. The lowest BCUT2D eigenvalue weighted by Gasteiger charge is -2.17. The van der Waals surface area contributed by atoms with Gasteiger partial charge in [-0.25, -0.2) is 4.39 Å². The molecule has 0 aliphatic heterocycles. The fourth-order valence-electron chi connectivity index (χ4n) is 1.92. The maximum Gasteiger partial charge on any atom is 0.306 e. The van der Waals surface area contributed by atoms with E-state index >= 15 is 0 Å². The van der Waals surface area contributed by atoms with Gasteiger partial charge in [0.25, 0.3) is 0 Å². The molecule has 0 aromatic heterocycles. The molecule has 2 aromatic carbocycles. The largest absolute Gasteiger partial charge is 0.378 e. The summed E-state index contributed by atoms with van der Waals surface area (Å²) in [6.45, 7) is 1.81. The third-order valence-corrected chi connectivity index (χ3v) is 3.64. The highest BCUT2D eigenvalue weighted by atomic mass is 79.9. The zero-order chi connectivity index (χ0) is 15.6. The summed E-state index contributed by atoms with van der Waals surface area (Å²) < 4.78 is 26.9. The minimum atomic E-state index is -0.888. The predicted molar refractivity (Wildman–Crippen MR) is 79.2 cm³/mol. The quantitative estimate of drug-likeness (QED) is 0.631. The van der Waals surface area contributed by atoms with E-state index < -0.39 is 16.4 Å². The molecule has 0 bridgehead atoms. The number of nitro benzene ring substituents is 1. The second-order valence-corrected chi connectivity index (χ2v) is 5.31. The zero-order valence-corrected chi connectivity index (χ0v) is 12.5. The fourth-order valence-corrected chi connectivity index (χ4v) is 2.62. The molecule has 0 saturated heterocycles. The van der Waals surface area contributed by atoms with E-state index in [9.17, 15) is 18.9 Å². The van der Waals surface area contributed by atoms with Crippen molar-refractivity contribution in [3.05, 3.63) is 68.2 Å². The van der Waals surface area contributed by atoms with Crippen LogP contribution in [0.4, 0.5) is 20.2 Å². The first-order valence-electron chi connectivity index (χ1n) is 6.04. The van der Waals surface area contributed by atoms with Gasteiger partial charge in [-0.05, 0) is 36.8 Å². The Hall–Kier alpha value is -2.02.